The third kappa shape index (κ3) is 17.4. The van der Waals surface area contributed by atoms with Gasteiger partial charge in [-0.1, -0.05) is 13.3 Å². The van der Waals surface area contributed by atoms with Crippen LogP contribution >= 0.6 is 69.6 Å². The number of hydrogen-bond donors (Lipinski definition) is 5. The van der Waals surface area contributed by atoms with E-state index in [0.29, 0.717) is 11.9 Å². The van der Waals surface area contributed by atoms with Gasteiger partial charge in [0.15, 0.2) is 0 Å². The predicted molar refractivity (Wildman–Crippen MR) is 166 cm³/mol. The fraction of sp³-hybridized carbons (Fsp3) is 0.524. The Morgan fingerprint density at radius 3 is 1.37 bits per heavy atom. The summed E-state index contributed by atoms with van der Waals surface area (Å²) in [6, 6.07) is 0. The number of hydrogen-bond acceptors (Lipinski definition) is 15. The third-order valence-corrected chi connectivity index (χ3v) is 5.51. The highest BCUT2D eigenvalue weighted by atomic mass is 35.5. The molecule has 3 aromatic rings. The number of rotatable bonds is 13. The summed E-state index contributed by atoms with van der Waals surface area (Å²) < 4.78 is 0. The van der Waals surface area contributed by atoms with Crippen molar-refractivity contribution < 1.29 is 15.0 Å². The van der Waals surface area contributed by atoms with E-state index < -0.39 is 0 Å². The van der Waals surface area contributed by atoms with Crippen LogP contribution in [0.1, 0.15) is 26.2 Å². The van der Waals surface area contributed by atoms with Gasteiger partial charge < -0.3 is 31.1 Å². The van der Waals surface area contributed by atoms with Crippen molar-refractivity contribution in [2.24, 2.45) is 0 Å². The summed E-state index contributed by atoms with van der Waals surface area (Å²) >= 11 is 33.3. The standard InChI is InChI=1S/C10H15Cl2N5O3.C7H10Cl2N4.C4H4Cl2N4/c11-8-14-9(12)16-10(15-8)13-2-1-7(20)17(3-5-18)4-6-19;1-2-3-4-10-7-12-5(8)11-6(9)13-7;1-7-4-9-2(5)8-3(6)10-4/h18-19H,1-6H2,(H,13,14,15,16);2-4H2,1H3,(H,10,11,12,13);1H3,(H,7,8,9,10). The average molecular weight is 724 g/mol. The lowest BCUT2D eigenvalue weighted by molar-refractivity contribution is -0.131. The molecule has 3 heterocycles. The van der Waals surface area contributed by atoms with Crippen molar-refractivity contribution in [3.8, 4) is 0 Å². The molecule has 22 heteroatoms. The number of nitrogens with zero attached hydrogens (tertiary/aromatic N) is 10. The molecule has 0 radical (unpaired) electrons. The minimum Gasteiger partial charge on any atom is -0.395 e. The largest absolute Gasteiger partial charge is 0.395 e. The van der Waals surface area contributed by atoms with E-state index >= 15 is 0 Å². The molecule has 0 spiro atoms. The highest BCUT2D eigenvalue weighted by Crippen LogP contribution is 2.11. The van der Waals surface area contributed by atoms with Gasteiger partial charge in [-0.05, 0) is 76.0 Å². The van der Waals surface area contributed by atoms with Crippen molar-refractivity contribution in [2.75, 3.05) is 62.4 Å². The third-order valence-electron chi connectivity index (χ3n) is 4.49. The van der Waals surface area contributed by atoms with E-state index in [4.69, 9.17) is 79.8 Å². The Kier molecular flexibility index (Phi) is 19.9. The highest BCUT2D eigenvalue weighted by Gasteiger charge is 2.12. The number of nitrogens with one attached hydrogen (secondary N) is 3. The number of aliphatic hydroxyl groups excluding tert-OH is 2. The number of halogens is 6. The number of carbonyl (C=O) groups is 1. The summed E-state index contributed by atoms with van der Waals surface area (Å²) in [5.41, 5.74) is 0. The molecule has 0 saturated heterocycles. The second kappa shape index (κ2) is 22.1. The maximum Gasteiger partial charge on any atom is 0.228 e. The SMILES string of the molecule is CCCCNc1nc(Cl)nc(Cl)n1.CNc1nc(Cl)nc(Cl)n1.O=C(CCNc1nc(Cl)nc(Cl)n1)N(CCO)CCO. The topological polar surface area (TPSA) is 213 Å². The second-order valence-electron chi connectivity index (χ2n) is 7.63. The lowest BCUT2D eigenvalue weighted by Crippen LogP contribution is -2.36. The zero-order chi connectivity index (χ0) is 32.2. The van der Waals surface area contributed by atoms with Crippen LogP contribution in [0.5, 0.6) is 0 Å². The van der Waals surface area contributed by atoms with Gasteiger partial charge in [0.05, 0.1) is 13.2 Å². The Hall–Kier alpha value is -2.44. The van der Waals surface area contributed by atoms with Crippen LogP contribution in [0.4, 0.5) is 17.8 Å². The molecule has 0 bridgehead atoms. The molecule has 3 rings (SSSR count). The van der Waals surface area contributed by atoms with Gasteiger partial charge in [0.1, 0.15) is 0 Å². The Morgan fingerprint density at radius 1 is 0.651 bits per heavy atom. The van der Waals surface area contributed by atoms with Crippen molar-refractivity contribution in [2.45, 2.75) is 26.2 Å². The molecule has 238 valence electrons. The van der Waals surface area contributed by atoms with E-state index in [1.807, 2.05) is 0 Å². The normalized spacial score (nSPS) is 10.1. The van der Waals surface area contributed by atoms with Crippen LogP contribution < -0.4 is 16.0 Å². The molecular weight excluding hydrogens is 695 g/mol. The van der Waals surface area contributed by atoms with E-state index in [9.17, 15) is 4.79 Å². The van der Waals surface area contributed by atoms with E-state index in [1.54, 1.807) is 7.05 Å². The van der Waals surface area contributed by atoms with Crippen LogP contribution in [0.25, 0.3) is 0 Å². The van der Waals surface area contributed by atoms with Crippen molar-refractivity contribution in [3.63, 3.8) is 0 Å². The summed E-state index contributed by atoms with van der Waals surface area (Å²) in [5.74, 6) is 0.772. The number of aromatic nitrogens is 9. The molecule has 0 aliphatic heterocycles. The molecule has 3 aromatic heterocycles. The predicted octanol–water partition coefficient (Wildman–Crippen LogP) is 3.40. The number of carbonyl (C=O) groups excluding carboxylic acids is 1. The van der Waals surface area contributed by atoms with Gasteiger partial charge in [0, 0.05) is 39.6 Å². The van der Waals surface area contributed by atoms with Crippen molar-refractivity contribution in [1.29, 1.82) is 0 Å². The zero-order valence-corrected chi connectivity index (χ0v) is 27.4. The fourth-order valence-electron chi connectivity index (χ4n) is 2.67. The molecular formula is C21H29Cl6N13O3. The minimum atomic E-state index is -0.202. The quantitative estimate of drug-likeness (QED) is 0.160. The van der Waals surface area contributed by atoms with Crippen LogP contribution in [0, 0.1) is 0 Å². The average Bonchev–Trinajstić information content (AvgIpc) is 2.92. The maximum absolute atomic E-state index is 11.8. The zero-order valence-electron chi connectivity index (χ0n) is 22.9. The van der Waals surface area contributed by atoms with Gasteiger partial charge in [0.2, 0.25) is 55.5 Å². The molecule has 16 nitrogen and oxygen atoms in total. The first kappa shape index (κ1) is 38.6. The molecule has 0 fully saturated rings. The molecule has 0 atom stereocenters. The molecule has 0 aliphatic carbocycles. The van der Waals surface area contributed by atoms with E-state index in [-0.39, 0.29) is 82.8 Å². The second-order valence-corrected chi connectivity index (χ2v) is 9.65. The summed E-state index contributed by atoms with van der Waals surface area (Å²) in [6.45, 7) is 3.24. The number of anilines is 3. The minimum absolute atomic E-state index is 0.0407. The molecule has 0 unspecified atom stereocenters. The van der Waals surface area contributed by atoms with Crippen molar-refractivity contribution >= 4 is 93.4 Å². The monoisotopic (exact) mass is 721 g/mol. The Bertz CT molecular complexity index is 1200. The van der Waals surface area contributed by atoms with Gasteiger partial charge in [-0.3, -0.25) is 4.79 Å². The smallest absolute Gasteiger partial charge is 0.228 e. The van der Waals surface area contributed by atoms with Gasteiger partial charge in [-0.15, -0.1) is 0 Å². The lowest BCUT2D eigenvalue weighted by Gasteiger charge is -2.20. The van der Waals surface area contributed by atoms with Crippen LogP contribution in [0.15, 0.2) is 0 Å². The van der Waals surface area contributed by atoms with E-state index in [2.05, 4.69) is 67.7 Å². The van der Waals surface area contributed by atoms with Crippen LogP contribution in [-0.2, 0) is 4.79 Å². The Morgan fingerprint density at radius 2 is 1.02 bits per heavy atom. The first-order valence-corrected chi connectivity index (χ1v) is 14.6. The summed E-state index contributed by atoms with van der Waals surface area (Å²) in [6.07, 6.45) is 2.32. The first-order chi connectivity index (χ1) is 20.5. The summed E-state index contributed by atoms with van der Waals surface area (Å²) in [7, 11) is 1.67. The van der Waals surface area contributed by atoms with E-state index in [0.717, 1.165) is 19.4 Å². The number of unbranched alkanes of at least 4 members (excludes halogenated alkanes) is 1. The fourth-order valence-corrected chi connectivity index (χ4v) is 3.76. The molecule has 0 aliphatic rings. The van der Waals surface area contributed by atoms with Crippen LogP contribution in [0.3, 0.4) is 0 Å². The van der Waals surface area contributed by atoms with Crippen molar-refractivity contribution in [3.05, 3.63) is 31.7 Å². The van der Waals surface area contributed by atoms with Gasteiger partial charge in [-0.25, -0.2) is 0 Å². The van der Waals surface area contributed by atoms with Crippen LogP contribution in [0.2, 0.25) is 31.7 Å². The van der Waals surface area contributed by atoms with Gasteiger partial charge in [0.25, 0.3) is 0 Å². The Labute approximate surface area is 277 Å². The summed E-state index contributed by atoms with van der Waals surface area (Å²) in [5, 5.41) is 26.4. The molecule has 0 aromatic carbocycles. The number of amides is 1. The Balaban J connectivity index is 0.000000345. The highest BCUT2D eigenvalue weighted by molar-refractivity contribution is 6.32. The molecule has 5 N–H and O–H groups in total. The molecule has 43 heavy (non-hydrogen) atoms. The van der Waals surface area contributed by atoms with Crippen molar-refractivity contribution in [1.82, 2.24) is 49.8 Å². The summed E-state index contributed by atoms with van der Waals surface area (Å²) in [4.78, 5) is 46.6. The number of aliphatic hydroxyl groups is 2. The lowest BCUT2D eigenvalue weighted by atomic mass is 10.3. The molecule has 1 amide bonds. The van der Waals surface area contributed by atoms with Gasteiger partial charge >= 0.3 is 0 Å². The maximum atomic E-state index is 11.8. The van der Waals surface area contributed by atoms with E-state index in [1.165, 1.54) is 4.90 Å². The first-order valence-electron chi connectivity index (χ1n) is 12.4. The van der Waals surface area contributed by atoms with Crippen LogP contribution in [-0.4, -0.2) is 112 Å². The molecule has 0 saturated carbocycles. The van der Waals surface area contributed by atoms with Gasteiger partial charge in [-0.2, -0.15) is 44.9 Å².